The van der Waals surface area contributed by atoms with E-state index in [-0.39, 0.29) is 17.5 Å². The number of unbranched alkanes of at least 4 members (excludes halogenated alkanes) is 3. The van der Waals surface area contributed by atoms with Crippen molar-refractivity contribution in [3.8, 4) is 28.5 Å². The zero-order chi connectivity index (χ0) is 38.3. The van der Waals surface area contributed by atoms with E-state index >= 15 is 0 Å². The van der Waals surface area contributed by atoms with Crippen molar-refractivity contribution in [1.29, 1.82) is 0 Å². The van der Waals surface area contributed by atoms with E-state index in [1.807, 2.05) is 73.9 Å². The van der Waals surface area contributed by atoms with Gasteiger partial charge in [0.25, 0.3) is 6.01 Å². The number of carbonyl (C=O) groups excluding carboxylic acids is 2. The Morgan fingerprint density at radius 3 is 2.37 bits per heavy atom. The van der Waals surface area contributed by atoms with Gasteiger partial charge in [0.05, 0.1) is 36.4 Å². The molecule has 17 heteroatoms. The van der Waals surface area contributed by atoms with Crippen molar-refractivity contribution >= 4 is 23.2 Å². The standard InChI is InChI=1S/C37H47N9O8/c1-5-44(6-2)46(49)43-52-24-13-9-8-12-23-51-37(48)54-26(4)53-35(47)31-17-14-18-32-33(31)45(36(38-32)50-7-3)25-27-19-21-28(22-20-27)29-15-10-11-16-30(29)34-39-41-42-40-34/h10-11,14-22,26,46,49H,5-9,12-13,23-25H2,1-4H3,(H,39,40,41,42). The number of carbonyl (C=O) groups is 2. The maximum absolute atomic E-state index is 13.5. The summed E-state index contributed by atoms with van der Waals surface area (Å²) in [4.78, 5) is 35.6. The molecule has 17 nitrogen and oxygen atoms in total. The summed E-state index contributed by atoms with van der Waals surface area (Å²) >= 11 is 0. The molecule has 0 fully saturated rings. The first-order valence-corrected chi connectivity index (χ1v) is 18.0. The number of hydrogen-bond acceptors (Lipinski definition) is 13. The van der Waals surface area contributed by atoms with E-state index < -0.39 is 18.4 Å². The predicted molar refractivity (Wildman–Crippen MR) is 196 cm³/mol. The van der Waals surface area contributed by atoms with Crippen LogP contribution in [0.2, 0.25) is 0 Å². The summed E-state index contributed by atoms with van der Waals surface area (Å²) in [5.74, 6) is -0.196. The monoisotopic (exact) mass is 745 g/mol. The smallest absolute Gasteiger partial charge is 0.465 e. The highest BCUT2D eigenvalue weighted by Crippen LogP contribution is 2.31. The molecule has 3 N–H and O–H groups in total. The van der Waals surface area contributed by atoms with Crippen LogP contribution >= 0.6 is 0 Å². The Morgan fingerprint density at radius 2 is 1.67 bits per heavy atom. The van der Waals surface area contributed by atoms with E-state index in [1.54, 1.807) is 23.2 Å². The molecule has 2 atom stereocenters. The van der Waals surface area contributed by atoms with Gasteiger partial charge in [0, 0.05) is 32.2 Å². The molecule has 5 rings (SSSR count). The molecule has 0 aliphatic heterocycles. The molecule has 5 aromatic rings. The fraction of sp³-hybridized carbons (Fsp3) is 0.405. The van der Waals surface area contributed by atoms with Gasteiger partial charge in [0.15, 0.2) is 0 Å². The first-order valence-electron chi connectivity index (χ1n) is 18.0. The van der Waals surface area contributed by atoms with Crippen molar-refractivity contribution in [2.45, 2.75) is 66.2 Å². The lowest BCUT2D eigenvalue weighted by Crippen LogP contribution is -3.12. The number of aromatic amines is 1. The van der Waals surface area contributed by atoms with Crippen LogP contribution in [0.15, 0.2) is 66.7 Å². The third kappa shape index (κ3) is 10.6. The van der Waals surface area contributed by atoms with Crippen molar-refractivity contribution in [3.05, 3.63) is 83.4 Å². The summed E-state index contributed by atoms with van der Waals surface area (Å²) in [5.41, 5.74) is 8.73. The van der Waals surface area contributed by atoms with Gasteiger partial charge in [-0.3, -0.25) is 10.2 Å². The van der Waals surface area contributed by atoms with Crippen molar-refractivity contribution < 1.29 is 43.9 Å². The number of para-hydroxylation sites is 1. The molecule has 2 unspecified atom stereocenters. The van der Waals surface area contributed by atoms with E-state index in [1.165, 1.54) is 6.92 Å². The van der Waals surface area contributed by atoms with Gasteiger partial charge in [-0.05, 0) is 74.1 Å². The van der Waals surface area contributed by atoms with E-state index in [9.17, 15) is 14.8 Å². The molecule has 0 saturated heterocycles. The van der Waals surface area contributed by atoms with Gasteiger partial charge < -0.3 is 23.8 Å². The minimum Gasteiger partial charge on any atom is -0.465 e. The fourth-order valence-electron chi connectivity index (χ4n) is 5.75. The number of fused-ring (bicyclic) bond motifs is 1. The largest absolute Gasteiger partial charge is 0.511 e. The van der Waals surface area contributed by atoms with Crippen LogP contribution in [0.3, 0.4) is 0 Å². The number of rotatable bonds is 21. The Bertz CT molecular complexity index is 1920. The number of imidazole rings is 1. The van der Waals surface area contributed by atoms with Crippen LogP contribution in [0.1, 0.15) is 69.3 Å². The third-order valence-electron chi connectivity index (χ3n) is 8.42. The summed E-state index contributed by atoms with van der Waals surface area (Å²) in [6.45, 7) is 9.65. The number of hydrogen-bond donors (Lipinski definition) is 3. The molecule has 0 aliphatic rings. The van der Waals surface area contributed by atoms with E-state index in [0.29, 0.717) is 62.1 Å². The number of ether oxygens (including phenoxy) is 4. The minimum absolute atomic E-state index is 0.133. The van der Waals surface area contributed by atoms with E-state index in [4.69, 9.17) is 23.8 Å². The average molecular weight is 746 g/mol. The minimum atomic E-state index is -1.21. The molecular formula is C37H47N9O8. The van der Waals surface area contributed by atoms with Gasteiger partial charge in [0.2, 0.25) is 12.1 Å². The normalized spacial score (nSPS) is 12.5. The predicted octanol–water partition coefficient (Wildman–Crippen LogP) is 5.30. The molecule has 0 aliphatic carbocycles. The third-order valence-corrected chi connectivity index (χ3v) is 8.42. The Labute approximate surface area is 313 Å². The molecule has 2 heterocycles. The molecule has 54 heavy (non-hydrogen) atoms. The highest BCUT2D eigenvalue weighted by molar-refractivity contribution is 6.02. The van der Waals surface area contributed by atoms with Crippen LogP contribution in [0.4, 0.5) is 4.79 Å². The number of aromatic nitrogens is 6. The molecule has 2 aromatic heterocycles. The van der Waals surface area contributed by atoms with Gasteiger partial charge in [-0.15, -0.1) is 15.2 Å². The van der Waals surface area contributed by atoms with E-state index in [0.717, 1.165) is 41.5 Å². The van der Waals surface area contributed by atoms with Crippen LogP contribution in [0, 0.1) is 0 Å². The van der Waals surface area contributed by atoms with Crippen LogP contribution in [-0.2, 0) is 25.6 Å². The molecule has 0 radical (unpaired) electrons. The average Bonchev–Trinajstić information content (AvgIpc) is 3.84. The van der Waals surface area contributed by atoms with Gasteiger partial charge >= 0.3 is 12.1 Å². The summed E-state index contributed by atoms with van der Waals surface area (Å²) in [6.07, 6.45) is 0.801. The van der Waals surface area contributed by atoms with Crippen LogP contribution in [0.25, 0.3) is 39.1 Å². The van der Waals surface area contributed by atoms with Crippen molar-refractivity contribution in [3.63, 3.8) is 0 Å². The van der Waals surface area contributed by atoms with Gasteiger partial charge in [-0.1, -0.05) is 61.0 Å². The number of esters is 1. The first kappa shape index (κ1) is 39.7. The maximum atomic E-state index is 13.5. The van der Waals surface area contributed by atoms with Crippen molar-refractivity contribution in [1.82, 2.24) is 35.2 Å². The first-order chi connectivity index (χ1) is 26.3. The van der Waals surface area contributed by atoms with Crippen LogP contribution < -0.4 is 10.0 Å². The molecule has 0 saturated carbocycles. The van der Waals surface area contributed by atoms with E-state index in [2.05, 4.69) is 31.2 Å². The zero-order valence-electron chi connectivity index (χ0n) is 30.9. The Morgan fingerprint density at radius 1 is 0.926 bits per heavy atom. The van der Waals surface area contributed by atoms with Crippen LogP contribution in [-0.4, -0.2) is 91.7 Å². The summed E-state index contributed by atoms with van der Waals surface area (Å²) in [7, 11) is 0. The van der Waals surface area contributed by atoms with Gasteiger partial charge in [-0.2, -0.15) is 15.5 Å². The lowest BCUT2D eigenvalue weighted by atomic mass is 9.98. The molecule has 0 amide bonds. The lowest BCUT2D eigenvalue weighted by molar-refractivity contribution is -1.16. The molecule has 0 spiro atoms. The Balaban J connectivity index is 1.14. The van der Waals surface area contributed by atoms with Gasteiger partial charge in [-0.25, -0.2) is 14.8 Å². The Kier molecular flexibility index (Phi) is 14.8. The van der Waals surface area contributed by atoms with Crippen molar-refractivity contribution in [2.24, 2.45) is 0 Å². The highest BCUT2D eigenvalue weighted by Gasteiger charge is 2.23. The second-order valence-electron chi connectivity index (χ2n) is 12.1. The molecular weight excluding hydrogens is 698 g/mol. The summed E-state index contributed by atoms with van der Waals surface area (Å²) in [6, 6.07) is 21.3. The topological polar surface area (TPSA) is 195 Å². The number of quaternary nitrogens is 1. The highest BCUT2D eigenvalue weighted by atomic mass is 16.8. The summed E-state index contributed by atoms with van der Waals surface area (Å²) in [5, 5.41) is 25.8. The Hall–Kier alpha value is -5.46. The van der Waals surface area contributed by atoms with Crippen molar-refractivity contribution in [2.75, 3.05) is 32.9 Å². The number of benzene rings is 3. The fourth-order valence-corrected chi connectivity index (χ4v) is 5.75. The van der Waals surface area contributed by atoms with Gasteiger partial charge in [0.1, 0.15) is 0 Å². The number of nitrogens with zero attached hydrogens (tertiary/aromatic N) is 7. The van der Waals surface area contributed by atoms with Crippen LogP contribution in [0.5, 0.6) is 6.01 Å². The molecule has 0 bridgehead atoms. The number of tetrazole rings is 1. The second-order valence-corrected chi connectivity index (χ2v) is 12.1. The number of nitrogens with one attached hydrogen (secondary N) is 2. The second kappa shape index (κ2) is 20.1. The quantitative estimate of drug-likeness (QED) is 0.0380. The zero-order valence-corrected chi connectivity index (χ0v) is 30.9. The maximum Gasteiger partial charge on any atom is 0.511 e. The molecule has 3 aromatic carbocycles. The molecule has 288 valence electrons. The lowest BCUT2D eigenvalue weighted by Gasteiger charge is -2.31. The summed E-state index contributed by atoms with van der Waals surface area (Å²) < 4.78 is 23.6. The number of H-pyrrole nitrogens is 1. The SMILES string of the molecule is CCOc1nc2cccc(C(=O)OC(C)OC(=O)OCCCCCCO[N-][NH+](O)N(CC)CC)c2n1Cc1ccc(-c2ccccc2-c2nn[nH]n2)cc1.